The Morgan fingerprint density at radius 1 is 1.50 bits per heavy atom. The summed E-state index contributed by atoms with van der Waals surface area (Å²) >= 11 is 1.21. The van der Waals surface area contributed by atoms with Gasteiger partial charge < -0.3 is 0 Å². The van der Waals surface area contributed by atoms with Crippen molar-refractivity contribution in [2.45, 2.75) is 11.3 Å². The van der Waals surface area contributed by atoms with E-state index in [1.165, 1.54) is 11.8 Å². The molecule has 60 valence electrons. The summed E-state index contributed by atoms with van der Waals surface area (Å²) in [5, 5.41) is 0.116. The maximum Gasteiger partial charge on any atom is 0.199 e. The fraction of sp³-hybridized carbons (Fsp3) is 0.125. The molecule has 0 spiro atoms. The highest BCUT2D eigenvalue weighted by Crippen LogP contribution is 2.31. The van der Waals surface area contributed by atoms with E-state index < -0.39 is 0 Å². The molecule has 2 heterocycles. The van der Waals surface area contributed by atoms with Crippen LogP contribution in [0.4, 0.5) is 5.69 Å². The number of aromatic nitrogens is 1. The Morgan fingerprint density at radius 3 is 3.33 bits per heavy atom. The van der Waals surface area contributed by atoms with Crippen LogP contribution in [0, 0.1) is 0 Å². The Morgan fingerprint density at radius 2 is 2.42 bits per heavy atom. The van der Waals surface area contributed by atoms with Crippen LogP contribution in [0.1, 0.15) is 6.42 Å². The Labute approximate surface area is 73.9 Å². The Balaban J connectivity index is 2.48. The first-order valence-electron chi connectivity index (χ1n) is 3.53. The molecule has 0 fully saturated rings. The van der Waals surface area contributed by atoms with Crippen molar-refractivity contribution >= 4 is 28.8 Å². The van der Waals surface area contributed by atoms with Crippen LogP contribution in [0.15, 0.2) is 28.3 Å². The van der Waals surface area contributed by atoms with Crippen LogP contribution in [-0.2, 0) is 4.79 Å². The molecule has 0 N–H and O–H groups in total. The smallest absolute Gasteiger partial charge is 0.199 e. The standard InChI is InChI=1S/C8H6N2OS/c11-8-2-4-10-6-1-3-9-5-7(6)12-8/h1,3-5H,2H2. The number of nitrogens with zero attached hydrogens (tertiary/aromatic N) is 2. The highest BCUT2D eigenvalue weighted by Gasteiger charge is 2.10. The monoisotopic (exact) mass is 178 g/mol. The number of thioether (sulfide) groups is 1. The van der Waals surface area contributed by atoms with Gasteiger partial charge in [-0.1, -0.05) is 0 Å². The summed E-state index contributed by atoms with van der Waals surface area (Å²) < 4.78 is 0. The molecule has 12 heavy (non-hydrogen) atoms. The summed E-state index contributed by atoms with van der Waals surface area (Å²) in [6.45, 7) is 0. The second-order valence-electron chi connectivity index (χ2n) is 2.33. The lowest BCUT2D eigenvalue weighted by molar-refractivity contribution is -0.109. The summed E-state index contributed by atoms with van der Waals surface area (Å²) in [5.41, 5.74) is 0.834. The van der Waals surface area contributed by atoms with Crippen molar-refractivity contribution in [2.24, 2.45) is 4.99 Å². The predicted octanol–water partition coefficient (Wildman–Crippen LogP) is 1.81. The number of hydrogen-bond acceptors (Lipinski definition) is 4. The molecule has 2 rings (SSSR count). The molecular weight excluding hydrogens is 172 g/mol. The van der Waals surface area contributed by atoms with Gasteiger partial charge in [0.05, 0.1) is 17.0 Å². The Bertz CT molecular complexity index is 349. The number of carbonyl (C=O) groups is 1. The number of carbonyl (C=O) groups excluding carboxylic acids is 1. The minimum atomic E-state index is 0.116. The average Bonchev–Trinajstić information content (AvgIpc) is 2.25. The zero-order chi connectivity index (χ0) is 8.39. The molecule has 0 atom stereocenters. The van der Waals surface area contributed by atoms with E-state index in [4.69, 9.17) is 0 Å². The van der Waals surface area contributed by atoms with E-state index in [2.05, 4.69) is 9.98 Å². The molecule has 0 aliphatic carbocycles. The first-order chi connectivity index (χ1) is 5.86. The SMILES string of the molecule is O=C1CC=Nc2ccncc2S1. The van der Waals surface area contributed by atoms with Crippen molar-refractivity contribution in [1.29, 1.82) is 0 Å². The molecule has 0 amide bonds. The van der Waals surface area contributed by atoms with Crippen LogP contribution < -0.4 is 0 Å². The molecule has 3 nitrogen and oxygen atoms in total. The van der Waals surface area contributed by atoms with E-state index in [0.717, 1.165) is 10.6 Å². The summed E-state index contributed by atoms with van der Waals surface area (Å²) in [5.74, 6) is 0. The Kier molecular flexibility index (Phi) is 1.91. The van der Waals surface area contributed by atoms with E-state index >= 15 is 0 Å². The summed E-state index contributed by atoms with van der Waals surface area (Å²) in [6, 6.07) is 1.80. The van der Waals surface area contributed by atoms with Crippen molar-refractivity contribution in [3.8, 4) is 0 Å². The van der Waals surface area contributed by atoms with Gasteiger partial charge in [0, 0.05) is 18.6 Å². The first kappa shape index (κ1) is 7.49. The van der Waals surface area contributed by atoms with Crippen LogP contribution in [0.3, 0.4) is 0 Å². The quantitative estimate of drug-likeness (QED) is 0.608. The van der Waals surface area contributed by atoms with Gasteiger partial charge in [-0.05, 0) is 17.8 Å². The number of aliphatic imine (C=N–C) groups is 1. The van der Waals surface area contributed by atoms with E-state index in [1.54, 1.807) is 24.7 Å². The van der Waals surface area contributed by atoms with Gasteiger partial charge in [0.15, 0.2) is 5.12 Å². The van der Waals surface area contributed by atoms with Gasteiger partial charge in [0.2, 0.25) is 0 Å². The highest BCUT2D eigenvalue weighted by atomic mass is 32.2. The third kappa shape index (κ3) is 1.38. The first-order valence-corrected chi connectivity index (χ1v) is 4.35. The molecule has 1 aromatic heterocycles. The molecule has 4 heteroatoms. The number of fused-ring (bicyclic) bond motifs is 1. The van der Waals surface area contributed by atoms with E-state index in [0.29, 0.717) is 6.42 Å². The van der Waals surface area contributed by atoms with Crippen molar-refractivity contribution < 1.29 is 4.79 Å². The van der Waals surface area contributed by atoms with Crippen molar-refractivity contribution in [2.75, 3.05) is 0 Å². The molecule has 1 aliphatic rings. The molecule has 0 radical (unpaired) electrons. The molecule has 1 aromatic rings. The summed E-state index contributed by atoms with van der Waals surface area (Å²) in [7, 11) is 0. The van der Waals surface area contributed by atoms with Gasteiger partial charge in [0.25, 0.3) is 0 Å². The molecule has 0 bridgehead atoms. The number of pyridine rings is 1. The molecular formula is C8H6N2OS. The lowest BCUT2D eigenvalue weighted by atomic mass is 10.4. The second-order valence-corrected chi connectivity index (χ2v) is 3.43. The molecule has 0 unspecified atom stereocenters. The van der Waals surface area contributed by atoms with E-state index in [1.807, 2.05) is 0 Å². The van der Waals surface area contributed by atoms with Gasteiger partial charge in [-0.15, -0.1) is 0 Å². The van der Waals surface area contributed by atoms with E-state index in [-0.39, 0.29) is 5.12 Å². The number of hydrogen-bond donors (Lipinski definition) is 0. The van der Waals surface area contributed by atoms with E-state index in [9.17, 15) is 4.79 Å². The minimum absolute atomic E-state index is 0.116. The Hall–Kier alpha value is -1.16. The van der Waals surface area contributed by atoms with Crippen molar-refractivity contribution in [1.82, 2.24) is 4.98 Å². The largest absolute Gasteiger partial charge is 0.286 e. The molecule has 0 aromatic carbocycles. The van der Waals surface area contributed by atoms with Crippen molar-refractivity contribution in [3.05, 3.63) is 18.5 Å². The third-order valence-electron chi connectivity index (χ3n) is 1.47. The van der Waals surface area contributed by atoms with Gasteiger partial charge in [0.1, 0.15) is 0 Å². The van der Waals surface area contributed by atoms with Crippen LogP contribution >= 0.6 is 11.8 Å². The van der Waals surface area contributed by atoms with Crippen LogP contribution in [0.2, 0.25) is 0 Å². The molecule has 1 aliphatic heterocycles. The fourth-order valence-electron chi connectivity index (χ4n) is 0.941. The fourth-order valence-corrected chi connectivity index (χ4v) is 1.68. The van der Waals surface area contributed by atoms with Gasteiger partial charge in [-0.2, -0.15) is 0 Å². The van der Waals surface area contributed by atoms with Gasteiger partial charge in [-0.3, -0.25) is 14.8 Å². The maximum atomic E-state index is 11.1. The van der Waals surface area contributed by atoms with Crippen molar-refractivity contribution in [3.63, 3.8) is 0 Å². The number of rotatable bonds is 0. The zero-order valence-corrected chi connectivity index (χ0v) is 7.04. The van der Waals surface area contributed by atoms with Gasteiger partial charge >= 0.3 is 0 Å². The topological polar surface area (TPSA) is 42.3 Å². The predicted molar refractivity (Wildman–Crippen MR) is 47.9 cm³/mol. The molecule has 0 saturated carbocycles. The third-order valence-corrected chi connectivity index (χ3v) is 2.40. The van der Waals surface area contributed by atoms with Crippen LogP contribution in [0.25, 0.3) is 0 Å². The summed E-state index contributed by atoms with van der Waals surface area (Å²) in [4.78, 5) is 20.0. The van der Waals surface area contributed by atoms with Crippen LogP contribution in [0.5, 0.6) is 0 Å². The average molecular weight is 178 g/mol. The lowest BCUT2D eigenvalue weighted by Crippen LogP contribution is -1.88. The summed E-state index contributed by atoms with van der Waals surface area (Å²) in [6.07, 6.45) is 5.38. The molecule has 0 saturated heterocycles. The highest BCUT2D eigenvalue weighted by molar-refractivity contribution is 8.13. The lowest BCUT2D eigenvalue weighted by Gasteiger charge is -1.97. The minimum Gasteiger partial charge on any atom is -0.286 e. The van der Waals surface area contributed by atoms with Gasteiger partial charge in [-0.25, -0.2) is 0 Å². The second kappa shape index (κ2) is 3.06. The van der Waals surface area contributed by atoms with Crippen LogP contribution in [-0.4, -0.2) is 16.3 Å². The maximum absolute atomic E-state index is 11.1. The normalized spacial score (nSPS) is 15.5. The zero-order valence-electron chi connectivity index (χ0n) is 6.23.